The molecule has 0 rings (SSSR count). The number of carbonyl (C=O) groups excluding carboxylic acids is 3. The Morgan fingerprint density at radius 1 is 0.280 bits per heavy atom. The molecule has 0 aliphatic heterocycles. The minimum absolute atomic E-state index is 0.0939. The molecule has 0 aromatic heterocycles. The summed E-state index contributed by atoms with van der Waals surface area (Å²) in [7, 11) is 0. The third kappa shape index (κ3) is 61.6. The van der Waals surface area contributed by atoms with Crippen LogP contribution in [0.15, 0.2) is 72.9 Å². The Morgan fingerprint density at radius 3 is 0.813 bits per heavy atom. The Morgan fingerprint density at radius 2 is 0.520 bits per heavy atom. The molecule has 434 valence electrons. The summed E-state index contributed by atoms with van der Waals surface area (Å²) in [5.41, 5.74) is 0. The van der Waals surface area contributed by atoms with Crippen LogP contribution in [0, 0.1) is 0 Å². The molecule has 0 fully saturated rings. The molecule has 6 heteroatoms. The molecule has 0 saturated carbocycles. The van der Waals surface area contributed by atoms with Crippen LogP contribution in [0.2, 0.25) is 0 Å². The summed E-state index contributed by atoms with van der Waals surface area (Å²) in [6, 6.07) is 0. The van der Waals surface area contributed by atoms with Gasteiger partial charge in [0.05, 0.1) is 0 Å². The van der Waals surface area contributed by atoms with E-state index in [1.807, 2.05) is 6.08 Å². The Kier molecular flexibility index (Phi) is 60.7. The molecule has 0 spiro atoms. The second-order valence-corrected chi connectivity index (χ2v) is 21.7. The Hall–Kier alpha value is -3.15. The van der Waals surface area contributed by atoms with Gasteiger partial charge >= 0.3 is 17.9 Å². The highest BCUT2D eigenvalue weighted by atomic mass is 16.6. The lowest BCUT2D eigenvalue weighted by Crippen LogP contribution is -2.30. The second-order valence-electron chi connectivity index (χ2n) is 21.7. The summed E-state index contributed by atoms with van der Waals surface area (Å²) in [6.45, 7) is 6.52. The highest BCUT2D eigenvalue weighted by Gasteiger charge is 2.19. The van der Waals surface area contributed by atoms with Crippen molar-refractivity contribution in [1.29, 1.82) is 0 Å². The van der Waals surface area contributed by atoms with Gasteiger partial charge in [-0.1, -0.05) is 325 Å². The molecule has 0 saturated heterocycles. The largest absolute Gasteiger partial charge is 0.462 e. The topological polar surface area (TPSA) is 78.9 Å². The van der Waals surface area contributed by atoms with E-state index in [2.05, 4.69) is 87.6 Å². The van der Waals surface area contributed by atoms with Crippen molar-refractivity contribution in [2.24, 2.45) is 0 Å². The molecule has 0 aliphatic carbocycles. The van der Waals surface area contributed by atoms with E-state index in [1.54, 1.807) is 0 Å². The summed E-state index contributed by atoms with van der Waals surface area (Å²) >= 11 is 0. The second kappa shape index (κ2) is 63.4. The number of unbranched alkanes of at least 4 members (excludes halogenated alkanes) is 36. The highest BCUT2D eigenvalue weighted by Crippen LogP contribution is 2.18. The van der Waals surface area contributed by atoms with E-state index in [0.717, 1.165) is 77.0 Å². The van der Waals surface area contributed by atoms with Gasteiger partial charge in [-0.25, -0.2) is 0 Å². The Labute approximate surface area is 465 Å². The van der Waals surface area contributed by atoms with Crippen LogP contribution >= 0.6 is 0 Å². The van der Waals surface area contributed by atoms with Gasteiger partial charge < -0.3 is 14.2 Å². The van der Waals surface area contributed by atoms with Crippen molar-refractivity contribution in [3.8, 4) is 0 Å². The number of hydrogen-bond acceptors (Lipinski definition) is 6. The maximum atomic E-state index is 12.9. The van der Waals surface area contributed by atoms with Crippen LogP contribution in [0.3, 0.4) is 0 Å². The van der Waals surface area contributed by atoms with E-state index >= 15 is 0 Å². The zero-order valence-corrected chi connectivity index (χ0v) is 49.8. The molecule has 0 aliphatic rings. The molecule has 0 amide bonds. The fraction of sp³-hybridized carbons (Fsp3) is 0.783. The number of rotatable bonds is 59. The predicted octanol–water partition coefficient (Wildman–Crippen LogP) is 22.1. The zero-order valence-electron chi connectivity index (χ0n) is 49.8. The number of esters is 3. The van der Waals surface area contributed by atoms with Crippen molar-refractivity contribution < 1.29 is 28.6 Å². The van der Waals surface area contributed by atoms with Gasteiger partial charge in [-0.2, -0.15) is 0 Å². The van der Waals surface area contributed by atoms with E-state index in [-0.39, 0.29) is 37.5 Å². The zero-order chi connectivity index (χ0) is 54.3. The van der Waals surface area contributed by atoms with Crippen LogP contribution in [-0.4, -0.2) is 37.2 Å². The van der Waals surface area contributed by atoms with Crippen molar-refractivity contribution in [3.05, 3.63) is 72.9 Å². The molecule has 0 aromatic rings. The minimum atomic E-state index is -0.804. The number of hydrogen-bond donors (Lipinski definition) is 0. The van der Waals surface area contributed by atoms with Crippen LogP contribution in [0.4, 0.5) is 0 Å². The molecular weight excluding hydrogens is 925 g/mol. The third-order valence-electron chi connectivity index (χ3n) is 14.2. The molecule has 1 atom stereocenters. The molecule has 0 N–H and O–H groups in total. The van der Waals surface area contributed by atoms with Crippen molar-refractivity contribution in [3.63, 3.8) is 0 Å². The minimum Gasteiger partial charge on any atom is -0.462 e. The maximum Gasteiger partial charge on any atom is 0.306 e. The third-order valence-corrected chi connectivity index (χ3v) is 14.2. The van der Waals surface area contributed by atoms with Gasteiger partial charge in [0.15, 0.2) is 6.10 Å². The van der Waals surface area contributed by atoms with Crippen molar-refractivity contribution in [1.82, 2.24) is 0 Å². The summed E-state index contributed by atoms with van der Waals surface area (Å²) in [5, 5.41) is 0. The monoisotopic (exact) mass is 1050 g/mol. The first-order valence-electron chi connectivity index (χ1n) is 32.4. The Balaban J connectivity index is 4.42. The Bertz CT molecular complexity index is 1390. The van der Waals surface area contributed by atoms with Gasteiger partial charge in [0.25, 0.3) is 0 Å². The van der Waals surface area contributed by atoms with Gasteiger partial charge in [-0.05, 0) is 57.8 Å². The van der Waals surface area contributed by atoms with Gasteiger partial charge in [-0.15, -0.1) is 0 Å². The molecule has 0 aromatic carbocycles. The van der Waals surface area contributed by atoms with Crippen LogP contribution in [0.25, 0.3) is 0 Å². The summed E-state index contributed by atoms with van der Waals surface area (Å²) in [4.78, 5) is 38.3. The van der Waals surface area contributed by atoms with E-state index in [0.29, 0.717) is 19.3 Å². The number of allylic oxidation sites excluding steroid dienone is 12. The maximum absolute atomic E-state index is 12.9. The molecule has 0 bridgehead atoms. The molecule has 0 heterocycles. The van der Waals surface area contributed by atoms with Crippen molar-refractivity contribution >= 4 is 17.9 Å². The van der Waals surface area contributed by atoms with E-state index in [1.165, 1.54) is 205 Å². The lowest BCUT2D eigenvalue weighted by atomic mass is 10.0. The number of ether oxygens (including phenoxy) is 3. The first kappa shape index (κ1) is 71.8. The average molecular weight is 1050 g/mol. The standard InChI is InChI=1S/C69H122O6/c1-4-7-10-13-16-19-22-25-28-31-33-34-36-39-41-44-47-50-53-56-59-62-68(71)74-65-66(75-69(72)63-60-57-54-51-48-45-42-37-30-27-24-21-18-15-12-9-6-3)64-73-67(70)61-58-55-52-49-46-43-40-38-35-32-29-26-23-20-17-14-11-8-5-2/h8,11,17,20,26,29,35,38,43,46,52,55,66H,4-7,9-10,12-16,18-19,21-25,27-28,30-34,36-37,39-42,44-45,47-51,53-54,56-65H2,1-3H3/b11-8-,20-17-,29-26-,38-35-,46-43-,55-52-/t66-/m1/s1. The average Bonchev–Trinajstić information content (AvgIpc) is 3.41. The number of carbonyl (C=O) groups is 3. The van der Waals surface area contributed by atoms with Gasteiger partial charge in [0.2, 0.25) is 0 Å². The highest BCUT2D eigenvalue weighted by molar-refractivity contribution is 5.71. The van der Waals surface area contributed by atoms with Crippen LogP contribution in [0.1, 0.15) is 329 Å². The predicted molar refractivity (Wildman–Crippen MR) is 325 cm³/mol. The molecule has 75 heavy (non-hydrogen) atoms. The normalized spacial score (nSPS) is 12.5. The van der Waals surface area contributed by atoms with Crippen molar-refractivity contribution in [2.45, 2.75) is 335 Å². The van der Waals surface area contributed by atoms with E-state index in [4.69, 9.17) is 14.2 Å². The summed E-state index contributed by atoms with van der Waals surface area (Å²) in [6.07, 6.45) is 82.1. The van der Waals surface area contributed by atoms with Crippen LogP contribution in [0.5, 0.6) is 0 Å². The molecule has 0 unspecified atom stereocenters. The van der Waals surface area contributed by atoms with Crippen LogP contribution in [-0.2, 0) is 28.6 Å². The summed E-state index contributed by atoms with van der Waals surface area (Å²) < 4.78 is 16.9. The van der Waals surface area contributed by atoms with Crippen molar-refractivity contribution in [2.75, 3.05) is 13.2 Å². The quantitative estimate of drug-likeness (QED) is 0.0261. The molecule has 0 radical (unpaired) electrons. The fourth-order valence-corrected chi connectivity index (χ4v) is 9.41. The first-order chi connectivity index (χ1) is 37.0. The van der Waals surface area contributed by atoms with E-state index < -0.39 is 6.10 Å². The van der Waals surface area contributed by atoms with Crippen LogP contribution < -0.4 is 0 Å². The SMILES string of the molecule is CC/C=C\C/C=C\C/C=C\C/C=C\C/C=C\C/C=C\CCC(=O)OC[C@H](COC(=O)CCCCCCCCCCCCCCCCCCCCCCC)OC(=O)CCCCCCCCCCCCCCCCCCC. The lowest BCUT2D eigenvalue weighted by Gasteiger charge is -2.18. The van der Waals surface area contributed by atoms with E-state index in [9.17, 15) is 14.4 Å². The van der Waals surface area contributed by atoms with Gasteiger partial charge in [0.1, 0.15) is 13.2 Å². The summed E-state index contributed by atoms with van der Waals surface area (Å²) in [5.74, 6) is -0.962. The fourth-order valence-electron chi connectivity index (χ4n) is 9.41. The molecule has 6 nitrogen and oxygen atoms in total. The first-order valence-corrected chi connectivity index (χ1v) is 32.4. The van der Waals surface area contributed by atoms with Gasteiger partial charge in [0, 0.05) is 19.3 Å². The molecular formula is C69H122O6. The van der Waals surface area contributed by atoms with Gasteiger partial charge in [-0.3, -0.25) is 14.4 Å². The smallest absolute Gasteiger partial charge is 0.306 e. The lowest BCUT2D eigenvalue weighted by molar-refractivity contribution is -0.166.